The van der Waals surface area contributed by atoms with Crippen LogP contribution in [0.2, 0.25) is 0 Å². The van der Waals surface area contributed by atoms with Crippen LogP contribution in [0.3, 0.4) is 0 Å². The Bertz CT molecular complexity index is 551. The van der Waals surface area contributed by atoms with Gasteiger partial charge in [0, 0.05) is 24.8 Å². The van der Waals surface area contributed by atoms with E-state index >= 15 is 0 Å². The molecule has 0 fully saturated rings. The number of hydrogen-bond donors (Lipinski definition) is 1. The third-order valence-corrected chi connectivity index (χ3v) is 2.74. The van der Waals surface area contributed by atoms with Crippen LogP contribution in [0.25, 0.3) is 5.69 Å². The van der Waals surface area contributed by atoms with Crippen molar-refractivity contribution in [1.82, 2.24) is 15.1 Å². The van der Waals surface area contributed by atoms with E-state index in [0.717, 1.165) is 5.69 Å². The molecule has 0 unspecified atom stereocenters. The zero-order chi connectivity index (χ0) is 13.8. The molecule has 0 saturated carbocycles. The van der Waals surface area contributed by atoms with E-state index in [1.807, 2.05) is 6.07 Å². The fourth-order valence-corrected chi connectivity index (χ4v) is 1.69. The van der Waals surface area contributed by atoms with E-state index in [-0.39, 0.29) is 5.82 Å². The van der Waals surface area contributed by atoms with Gasteiger partial charge >= 0.3 is 0 Å². The number of nitrogens with one attached hydrogen (secondary N) is 1. The fraction of sp³-hybridized carbons (Fsp3) is 0.357. The Kier molecular flexibility index (Phi) is 4.16. The molecule has 1 heterocycles. The van der Waals surface area contributed by atoms with Crippen molar-refractivity contribution in [2.75, 3.05) is 7.11 Å². The molecule has 0 atom stereocenters. The molecular weight excluding hydrogens is 245 g/mol. The number of benzene rings is 1. The van der Waals surface area contributed by atoms with Gasteiger partial charge in [-0.25, -0.2) is 9.07 Å². The number of ether oxygens (including phenoxy) is 1. The lowest BCUT2D eigenvalue weighted by atomic mass is 10.3. The molecule has 0 amide bonds. The van der Waals surface area contributed by atoms with Gasteiger partial charge in [0.25, 0.3) is 0 Å². The van der Waals surface area contributed by atoms with E-state index < -0.39 is 0 Å². The highest BCUT2D eigenvalue weighted by molar-refractivity contribution is 5.40. The molecular formula is C14H18FN3O. The minimum Gasteiger partial charge on any atom is -0.497 e. The van der Waals surface area contributed by atoms with Crippen LogP contribution in [0.15, 0.2) is 30.5 Å². The molecule has 0 aliphatic rings. The van der Waals surface area contributed by atoms with Crippen molar-refractivity contribution in [3.63, 3.8) is 0 Å². The van der Waals surface area contributed by atoms with E-state index in [4.69, 9.17) is 4.74 Å². The van der Waals surface area contributed by atoms with Gasteiger partial charge in [-0.05, 0) is 18.2 Å². The van der Waals surface area contributed by atoms with Gasteiger partial charge in [-0.2, -0.15) is 5.10 Å². The van der Waals surface area contributed by atoms with Gasteiger partial charge in [-0.15, -0.1) is 0 Å². The van der Waals surface area contributed by atoms with E-state index in [1.165, 1.54) is 10.7 Å². The Morgan fingerprint density at radius 3 is 2.84 bits per heavy atom. The summed E-state index contributed by atoms with van der Waals surface area (Å²) in [5.41, 5.74) is 1.26. The molecule has 1 aromatic heterocycles. The molecule has 2 aromatic rings. The van der Waals surface area contributed by atoms with Crippen molar-refractivity contribution < 1.29 is 9.13 Å². The second kappa shape index (κ2) is 5.84. The van der Waals surface area contributed by atoms with E-state index in [0.29, 0.717) is 24.0 Å². The Labute approximate surface area is 112 Å². The van der Waals surface area contributed by atoms with Crippen LogP contribution in [0, 0.1) is 5.82 Å². The minimum atomic E-state index is -0.327. The molecule has 0 bridgehead atoms. The van der Waals surface area contributed by atoms with Gasteiger partial charge in [0.05, 0.1) is 12.8 Å². The SMILES string of the molecule is COc1ccc(F)c(-n2ccc(CNC(C)C)n2)c1. The average Bonchev–Trinajstić information content (AvgIpc) is 2.85. The molecule has 0 radical (unpaired) electrons. The van der Waals surface area contributed by atoms with Crippen LogP contribution in [-0.4, -0.2) is 22.9 Å². The van der Waals surface area contributed by atoms with Crippen molar-refractivity contribution in [2.24, 2.45) is 0 Å². The highest BCUT2D eigenvalue weighted by Gasteiger charge is 2.08. The predicted octanol–water partition coefficient (Wildman–Crippen LogP) is 2.52. The number of aromatic nitrogens is 2. The van der Waals surface area contributed by atoms with Crippen molar-refractivity contribution in [3.8, 4) is 11.4 Å². The number of rotatable bonds is 5. The molecule has 5 heteroatoms. The predicted molar refractivity (Wildman–Crippen MR) is 72.0 cm³/mol. The highest BCUT2D eigenvalue weighted by Crippen LogP contribution is 2.19. The summed E-state index contributed by atoms with van der Waals surface area (Å²) < 4.78 is 20.4. The molecule has 4 nitrogen and oxygen atoms in total. The largest absolute Gasteiger partial charge is 0.497 e. The Morgan fingerprint density at radius 1 is 1.37 bits per heavy atom. The molecule has 0 spiro atoms. The molecule has 19 heavy (non-hydrogen) atoms. The summed E-state index contributed by atoms with van der Waals surface area (Å²) >= 11 is 0. The lowest BCUT2D eigenvalue weighted by Gasteiger charge is -2.07. The molecule has 0 aliphatic carbocycles. The van der Waals surface area contributed by atoms with E-state index in [2.05, 4.69) is 24.3 Å². The van der Waals surface area contributed by atoms with Crippen LogP contribution in [0.5, 0.6) is 5.75 Å². The first kappa shape index (κ1) is 13.5. The van der Waals surface area contributed by atoms with Crippen LogP contribution >= 0.6 is 0 Å². The highest BCUT2D eigenvalue weighted by atomic mass is 19.1. The summed E-state index contributed by atoms with van der Waals surface area (Å²) in [4.78, 5) is 0. The van der Waals surface area contributed by atoms with Gasteiger partial charge in [-0.1, -0.05) is 13.8 Å². The number of methoxy groups -OCH3 is 1. The zero-order valence-electron chi connectivity index (χ0n) is 11.4. The molecule has 0 saturated heterocycles. The van der Waals surface area contributed by atoms with Crippen LogP contribution in [0.1, 0.15) is 19.5 Å². The fourth-order valence-electron chi connectivity index (χ4n) is 1.69. The lowest BCUT2D eigenvalue weighted by molar-refractivity contribution is 0.413. The standard InChI is InChI=1S/C14H18FN3O/c1-10(2)16-9-11-6-7-18(17-11)14-8-12(19-3)4-5-13(14)15/h4-8,10,16H,9H2,1-3H3. The summed E-state index contributed by atoms with van der Waals surface area (Å²) in [7, 11) is 1.55. The Balaban J connectivity index is 2.22. The maximum Gasteiger partial charge on any atom is 0.149 e. The van der Waals surface area contributed by atoms with Gasteiger partial charge in [-0.3, -0.25) is 0 Å². The van der Waals surface area contributed by atoms with Crippen molar-refractivity contribution in [1.29, 1.82) is 0 Å². The quantitative estimate of drug-likeness (QED) is 0.901. The second-order valence-electron chi connectivity index (χ2n) is 4.60. The molecule has 102 valence electrons. The normalized spacial score (nSPS) is 11.0. The number of nitrogens with zero attached hydrogens (tertiary/aromatic N) is 2. The van der Waals surface area contributed by atoms with Gasteiger partial charge in [0.2, 0.25) is 0 Å². The Morgan fingerprint density at radius 2 is 2.16 bits per heavy atom. The third kappa shape index (κ3) is 3.32. The van der Waals surface area contributed by atoms with Gasteiger partial charge in [0.15, 0.2) is 0 Å². The molecule has 1 N–H and O–H groups in total. The molecule has 0 aliphatic heterocycles. The number of halogens is 1. The second-order valence-corrected chi connectivity index (χ2v) is 4.60. The maximum absolute atomic E-state index is 13.8. The zero-order valence-corrected chi connectivity index (χ0v) is 11.4. The lowest BCUT2D eigenvalue weighted by Crippen LogP contribution is -2.22. The van der Waals surface area contributed by atoms with Crippen LogP contribution in [0.4, 0.5) is 4.39 Å². The number of hydrogen-bond acceptors (Lipinski definition) is 3. The Hall–Kier alpha value is -1.88. The van der Waals surface area contributed by atoms with Gasteiger partial charge in [0.1, 0.15) is 17.3 Å². The average molecular weight is 263 g/mol. The van der Waals surface area contributed by atoms with Crippen LogP contribution in [-0.2, 0) is 6.54 Å². The first-order valence-corrected chi connectivity index (χ1v) is 6.22. The van der Waals surface area contributed by atoms with Crippen molar-refractivity contribution >= 4 is 0 Å². The monoisotopic (exact) mass is 263 g/mol. The van der Waals surface area contributed by atoms with Crippen molar-refractivity contribution in [3.05, 3.63) is 42.0 Å². The summed E-state index contributed by atoms with van der Waals surface area (Å²) in [5.74, 6) is 0.279. The smallest absolute Gasteiger partial charge is 0.149 e. The third-order valence-electron chi connectivity index (χ3n) is 2.74. The topological polar surface area (TPSA) is 39.1 Å². The van der Waals surface area contributed by atoms with E-state index in [1.54, 1.807) is 25.4 Å². The summed E-state index contributed by atoms with van der Waals surface area (Å²) in [6, 6.07) is 6.85. The summed E-state index contributed by atoms with van der Waals surface area (Å²) in [6.07, 6.45) is 1.75. The van der Waals surface area contributed by atoms with Crippen molar-refractivity contribution in [2.45, 2.75) is 26.4 Å². The first-order valence-electron chi connectivity index (χ1n) is 6.22. The van der Waals surface area contributed by atoms with Crippen LogP contribution < -0.4 is 10.1 Å². The minimum absolute atomic E-state index is 0.327. The van der Waals surface area contributed by atoms with Gasteiger partial charge < -0.3 is 10.1 Å². The molecule has 2 rings (SSSR count). The summed E-state index contributed by atoms with van der Waals surface area (Å²) in [6.45, 7) is 4.80. The van der Waals surface area contributed by atoms with E-state index in [9.17, 15) is 4.39 Å². The molecule has 1 aromatic carbocycles. The summed E-state index contributed by atoms with van der Waals surface area (Å²) in [5, 5.41) is 7.62. The first-order chi connectivity index (χ1) is 9.10. The maximum atomic E-state index is 13.8.